The molecule has 5 heteroatoms. The topological polar surface area (TPSA) is 44.0 Å². The van der Waals surface area contributed by atoms with Gasteiger partial charge in [-0.2, -0.15) is 18.4 Å². The second kappa shape index (κ2) is 4.54. The van der Waals surface area contributed by atoms with Crippen LogP contribution < -0.4 is 0 Å². The van der Waals surface area contributed by atoms with Gasteiger partial charge in [0, 0.05) is 12.5 Å². The van der Waals surface area contributed by atoms with E-state index < -0.39 is 17.7 Å². The standard InChI is InChI=1S/C11H9F3NO/c1-7(6-16)9-2-8(5-15)3-10(4-9)11(12,13)14/h2-4,7,16H,1,6H2. The molecule has 0 spiro atoms. The molecule has 0 heterocycles. The average Bonchev–Trinajstić information content (AvgIpc) is 2.26. The summed E-state index contributed by atoms with van der Waals surface area (Å²) in [5.74, 6) is -0.672. The molecule has 0 aliphatic carbocycles. The maximum Gasteiger partial charge on any atom is 0.416 e. The van der Waals surface area contributed by atoms with Crippen LogP contribution >= 0.6 is 0 Å². The number of halogens is 3. The maximum absolute atomic E-state index is 12.5. The summed E-state index contributed by atoms with van der Waals surface area (Å²) in [7, 11) is 0. The van der Waals surface area contributed by atoms with Gasteiger partial charge in [-0.1, -0.05) is 0 Å². The quantitative estimate of drug-likeness (QED) is 0.845. The summed E-state index contributed by atoms with van der Waals surface area (Å²) < 4.78 is 37.4. The van der Waals surface area contributed by atoms with E-state index in [1.165, 1.54) is 6.07 Å². The number of rotatable bonds is 2. The zero-order valence-electron chi connectivity index (χ0n) is 8.25. The predicted octanol–water partition coefficient (Wildman–Crippen LogP) is 2.49. The van der Waals surface area contributed by atoms with E-state index >= 15 is 0 Å². The third kappa shape index (κ3) is 2.74. The van der Waals surface area contributed by atoms with Gasteiger partial charge in [-0.05, 0) is 30.7 Å². The monoisotopic (exact) mass is 228 g/mol. The van der Waals surface area contributed by atoms with Crippen molar-refractivity contribution in [1.82, 2.24) is 0 Å². The van der Waals surface area contributed by atoms with Crippen molar-refractivity contribution < 1.29 is 18.3 Å². The lowest BCUT2D eigenvalue weighted by Crippen LogP contribution is -2.08. The van der Waals surface area contributed by atoms with Crippen molar-refractivity contribution in [2.24, 2.45) is 0 Å². The molecule has 0 aromatic heterocycles. The van der Waals surface area contributed by atoms with Crippen molar-refractivity contribution in [2.75, 3.05) is 6.61 Å². The van der Waals surface area contributed by atoms with Gasteiger partial charge in [-0.15, -0.1) is 0 Å². The first-order valence-electron chi connectivity index (χ1n) is 4.44. The summed E-state index contributed by atoms with van der Waals surface area (Å²) >= 11 is 0. The molecule has 1 atom stereocenters. The Balaban J connectivity index is 3.28. The lowest BCUT2D eigenvalue weighted by atomic mass is 9.97. The maximum atomic E-state index is 12.5. The van der Waals surface area contributed by atoms with Crippen LogP contribution in [0.2, 0.25) is 0 Å². The van der Waals surface area contributed by atoms with Crippen LogP contribution in [0.15, 0.2) is 18.2 Å². The molecule has 0 amide bonds. The highest BCUT2D eigenvalue weighted by molar-refractivity contribution is 5.40. The minimum absolute atomic E-state index is 0.0908. The van der Waals surface area contributed by atoms with Crippen LogP contribution in [0.1, 0.15) is 22.6 Å². The lowest BCUT2D eigenvalue weighted by molar-refractivity contribution is -0.137. The number of nitrogens with zero attached hydrogens (tertiary/aromatic N) is 1. The van der Waals surface area contributed by atoms with Crippen LogP contribution in [0.5, 0.6) is 0 Å². The van der Waals surface area contributed by atoms with Gasteiger partial charge in [-0.3, -0.25) is 0 Å². The summed E-state index contributed by atoms with van der Waals surface area (Å²) in [6.45, 7) is 3.13. The minimum atomic E-state index is -4.50. The van der Waals surface area contributed by atoms with Crippen LogP contribution in [0.3, 0.4) is 0 Å². The van der Waals surface area contributed by atoms with Crippen LogP contribution in [0.25, 0.3) is 0 Å². The first kappa shape index (κ1) is 12.5. The Kier molecular flexibility index (Phi) is 3.55. The average molecular weight is 228 g/mol. The van der Waals surface area contributed by atoms with Gasteiger partial charge in [0.15, 0.2) is 0 Å². The van der Waals surface area contributed by atoms with Crippen LogP contribution in [-0.4, -0.2) is 11.7 Å². The molecular weight excluding hydrogens is 219 g/mol. The van der Waals surface area contributed by atoms with Crippen molar-refractivity contribution in [3.8, 4) is 6.07 Å². The predicted molar refractivity (Wildman–Crippen MR) is 51.3 cm³/mol. The van der Waals surface area contributed by atoms with E-state index in [9.17, 15) is 13.2 Å². The van der Waals surface area contributed by atoms with Gasteiger partial charge in [-0.25, -0.2) is 0 Å². The third-order valence-corrected chi connectivity index (χ3v) is 2.10. The summed E-state index contributed by atoms with van der Waals surface area (Å²) in [5, 5.41) is 17.4. The molecule has 1 radical (unpaired) electrons. The molecule has 85 valence electrons. The molecule has 2 nitrogen and oxygen atoms in total. The lowest BCUT2D eigenvalue weighted by Gasteiger charge is -2.13. The number of alkyl halides is 3. The molecule has 0 saturated heterocycles. The number of hydrogen-bond acceptors (Lipinski definition) is 2. The zero-order valence-corrected chi connectivity index (χ0v) is 8.25. The van der Waals surface area contributed by atoms with Crippen LogP contribution in [0.4, 0.5) is 13.2 Å². The summed E-state index contributed by atoms with van der Waals surface area (Å²) in [4.78, 5) is 0. The fourth-order valence-corrected chi connectivity index (χ4v) is 1.22. The third-order valence-electron chi connectivity index (χ3n) is 2.10. The Labute approximate surface area is 90.9 Å². The van der Waals surface area contributed by atoms with E-state index in [-0.39, 0.29) is 17.7 Å². The fourth-order valence-electron chi connectivity index (χ4n) is 1.22. The van der Waals surface area contributed by atoms with E-state index in [1.807, 2.05) is 0 Å². The molecule has 16 heavy (non-hydrogen) atoms. The number of hydrogen-bond donors (Lipinski definition) is 1. The van der Waals surface area contributed by atoms with Crippen molar-refractivity contribution in [1.29, 1.82) is 5.26 Å². The first-order chi connectivity index (χ1) is 7.38. The number of nitriles is 1. The van der Waals surface area contributed by atoms with Crippen molar-refractivity contribution >= 4 is 0 Å². The molecule has 1 N–H and O–H groups in total. The molecule has 0 bridgehead atoms. The highest BCUT2D eigenvalue weighted by Crippen LogP contribution is 2.32. The smallest absolute Gasteiger partial charge is 0.396 e. The number of aliphatic hydroxyl groups is 1. The summed E-state index contributed by atoms with van der Waals surface area (Å²) in [6.07, 6.45) is -4.50. The van der Waals surface area contributed by atoms with E-state index in [4.69, 9.17) is 10.4 Å². The molecule has 1 aromatic rings. The minimum Gasteiger partial charge on any atom is -0.396 e. The zero-order chi connectivity index (χ0) is 12.3. The van der Waals surface area contributed by atoms with Crippen molar-refractivity contribution in [2.45, 2.75) is 12.1 Å². The number of benzene rings is 1. The highest BCUT2D eigenvalue weighted by atomic mass is 19.4. The summed E-state index contributed by atoms with van der Waals surface area (Å²) in [6, 6.07) is 4.61. The molecule has 0 aliphatic rings. The molecule has 1 aromatic carbocycles. The largest absolute Gasteiger partial charge is 0.416 e. The Morgan fingerprint density at radius 2 is 2.00 bits per heavy atom. The van der Waals surface area contributed by atoms with Gasteiger partial charge < -0.3 is 5.11 Å². The normalized spacial score (nSPS) is 13.2. The van der Waals surface area contributed by atoms with Gasteiger partial charge >= 0.3 is 6.18 Å². The van der Waals surface area contributed by atoms with E-state index in [1.54, 1.807) is 6.07 Å². The van der Waals surface area contributed by atoms with E-state index in [0.717, 1.165) is 12.1 Å². The Morgan fingerprint density at radius 1 is 1.38 bits per heavy atom. The van der Waals surface area contributed by atoms with E-state index in [0.29, 0.717) is 0 Å². The Morgan fingerprint density at radius 3 is 2.44 bits per heavy atom. The second-order valence-corrected chi connectivity index (χ2v) is 3.33. The van der Waals surface area contributed by atoms with Gasteiger partial charge in [0.05, 0.1) is 17.2 Å². The molecular formula is C11H9F3NO. The Bertz CT molecular complexity index is 420. The molecule has 1 unspecified atom stereocenters. The second-order valence-electron chi connectivity index (χ2n) is 3.33. The molecule has 0 fully saturated rings. The molecule has 0 saturated carbocycles. The van der Waals surface area contributed by atoms with Gasteiger partial charge in [0.2, 0.25) is 0 Å². The van der Waals surface area contributed by atoms with Crippen LogP contribution in [0, 0.1) is 18.3 Å². The number of aliphatic hydroxyl groups excluding tert-OH is 1. The van der Waals surface area contributed by atoms with Gasteiger partial charge in [0.1, 0.15) is 0 Å². The van der Waals surface area contributed by atoms with E-state index in [2.05, 4.69) is 6.92 Å². The van der Waals surface area contributed by atoms with Crippen LogP contribution in [-0.2, 0) is 6.18 Å². The van der Waals surface area contributed by atoms with Gasteiger partial charge in [0.25, 0.3) is 0 Å². The molecule has 0 aliphatic heterocycles. The molecule has 1 rings (SSSR count). The van der Waals surface area contributed by atoms with Crippen molar-refractivity contribution in [3.05, 3.63) is 41.8 Å². The highest BCUT2D eigenvalue weighted by Gasteiger charge is 2.31. The fraction of sp³-hybridized carbons (Fsp3) is 0.273. The summed E-state index contributed by atoms with van der Waals surface area (Å²) in [5.41, 5.74) is -0.788. The first-order valence-corrected chi connectivity index (χ1v) is 4.44. The Hall–Kier alpha value is -1.54. The van der Waals surface area contributed by atoms with Crippen molar-refractivity contribution in [3.63, 3.8) is 0 Å². The SMILES string of the molecule is [CH2]C(CO)c1cc(C#N)cc(C(F)(F)F)c1.